The van der Waals surface area contributed by atoms with Gasteiger partial charge in [0.05, 0.1) is 4.92 Å². The molecule has 0 radical (unpaired) electrons. The van der Waals surface area contributed by atoms with Crippen molar-refractivity contribution in [1.29, 1.82) is 0 Å². The largest absolute Gasteiger partial charge is 0.376 e. The second kappa shape index (κ2) is 3.43. The van der Waals surface area contributed by atoms with Crippen LogP contribution in [0.3, 0.4) is 0 Å². The van der Waals surface area contributed by atoms with Crippen molar-refractivity contribution >= 4 is 11.4 Å². The SMILES string of the molecule is CC1(C)CC1Nc1cccc(F)c1[N+](=O)[O-]. The van der Waals surface area contributed by atoms with Crippen LogP contribution in [0.25, 0.3) is 0 Å². The van der Waals surface area contributed by atoms with Crippen LogP contribution in [0.1, 0.15) is 20.3 Å². The van der Waals surface area contributed by atoms with Crippen LogP contribution in [0.4, 0.5) is 15.8 Å². The molecule has 1 atom stereocenters. The third-order valence-corrected chi connectivity index (χ3v) is 3.01. The highest BCUT2D eigenvalue weighted by Crippen LogP contribution is 2.47. The summed E-state index contributed by atoms with van der Waals surface area (Å²) in [6.45, 7) is 4.13. The fourth-order valence-corrected chi connectivity index (χ4v) is 1.72. The zero-order valence-corrected chi connectivity index (χ0v) is 9.16. The molecular formula is C11H13FN2O2. The number of hydrogen-bond acceptors (Lipinski definition) is 3. The van der Waals surface area contributed by atoms with Crippen molar-refractivity contribution in [3.05, 3.63) is 34.1 Å². The van der Waals surface area contributed by atoms with Crippen LogP contribution in [0.15, 0.2) is 18.2 Å². The number of hydrogen-bond donors (Lipinski definition) is 1. The van der Waals surface area contributed by atoms with E-state index in [2.05, 4.69) is 19.2 Å². The number of nitro benzene ring substituents is 1. The molecule has 1 saturated carbocycles. The summed E-state index contributed by atoms with van der Waals surface area (Å²) in [7, 11) is 0. The summed E-state index contributed by atoms with van der Waals surface area (Å²) in [6, 6.07) is 4.30. The van der Waals surface area contributed by atoms with Crippen LogP contribution >= 0.6 is 0 Å². The van der Waals surface area contributed by atoms with E-state index in [-0.39, 0.29) is 17.1 Å². The van der Waals surface area contributed by atoms with Crippen molar-refractivity contribution in [2.45, 2.75) is 26.3 Å². The van der Waals surface area contributed by atoms with Gasteiger partial charge < -0.3 is 5.32 Å². The van der Waals surface area contributed by atoms with Crippen LogP contribution in [-0.2, 0) is 0 Å². The zero-order chi connectivity index (χ0) is 11.9. The number of benzene rings is 1. The van der Waals surface area contributed by atoms with E-state index in [4.69, 9.17) is 0 Å². The molecule has 0 bridgehead atoms. The van der Waals surface area contributed by atoms with Crippen molar-refractivity contribution in [1.82, 2.24) is 0 Å². The molecule has 0 aromatic heterocycles. The number of rotatable bonds is 3. The monoisotopic (exact) mass is 224 g/mol. The Morgan fingerprint density at radius 3 is 2.69 bits per heavy atom. The Labute approximate surface area is 92.6 Å². The minimum absolute atomic E-state index is 0.139. The smallest absolute Gasteiger partial charge is 0.327 e. The zero-order valence-electron chi connectivity index (χ0n) is 9.16. The summed E-state index contributed by atoms with van der Waals surface area (Å²) in [5.41, 5.74) is -0.0639. The number of nitrogens with one attached hydrogen (secondary N) is 1. The average Bonchev–Trinajstić information content (AvgIpc) is 2.72. The topological polar surface area (TPSA) is 55.2 Å². The molecule has 1 N–H and O–H groups in total. The molecule has 0 saturated heterocycles. The van der Waals surface area contributed by atoms with E-state index in [9.17, 15) is 14.5 Å². The maximum atomic E-state index is 13.3. The Balaban J connectivity index is 2.27. The molecule has 1 aromatic rings. The van der Waals surface area contributed by atoms with Gasteiger partial charge in [0.15, 0.2) is 0 Å². The lowest BCUT2D eigenvalue weighted by Crippen LogP contribution is -2.10. The quantitative estimate of drug-likeness (QED) is 0.634. The van der Waals surface area contributed by atoms with E-state index >= 15 is 0 Å². The highest BCUT2D eigenvalue weighted by Gasteiger charge is 2.46. The molecule has 0 heterocycles. The van der Waals surface area contributed by atoms with Crippen molar-refractivity contribution in [2.75, 3.05) is 5.32 Å². The van der Waals surface area contributed by atoms with E-state index < -0.39 is 16.4 Å². The Morgan fingerprint density at radius 2 is 2.19 bits per heavy atom. The maximum Gasteiger partial charge on any atom is 0.327 e. The molecule has 1 aliphatic carbocycles. The molecule has 1 aromatic carbocycles. The van der Waals surface area contributed by atoms with Crippen LogP contribution in [-0.4, -0.2) is 11.0 Å². The lowest BCUT2D eigenvalue weighted by Gasteiger charge is -2.08. The Kier molecular flexibility index (Phi) is 2.33. The molecule has 4 nitrogen and oxygen atoms in total. The summed E-state index contributed by atoms with van der Waals surface area (Å²) in [4.78, 5) is 10.0. The number of nitrogens with zero attached hydrogens (tertiary/aromatic N) is 1. The first-order valence-electron chi connectivity index (χ1n) is 5.11. The average molecular weight is 224 g/mol. The molecule has 0 aliphatic heterocycles. The Bertz CT molecular complexity index is 446. The molecule has 1 fully saturated rings. The van der Waals surface area contributed by atoms with Crippen LogP contribution in [0, 0.1) is 21.3 Å². The number of anilines is 1. The summed E-state index contributed by atoms with van der Waals surface area (Å²) < 4.78 is 13.3. The van der Waals surface area contributed by atoms with E-state index in [1.165, 1.54) is 12.1 Å². The molecule has 16 heavy (non-hydrogen) atoms. The van der Waals surface area contributed by atoms with Gasteiger partial charge in [-0.2, -0.15) is 4.39 Å². The summed E-state index contributed by atoms with van der Waals surface area (Å²) in [5, 5.41) is 13.7. The second-order valence-corrected chi connectivity index (χ2v) is 4.78. The number of nitro groups is 1. The van der Waals surface area contributed by atoms with Gasteiger partial charge in [-0.1, -0.05) is 19.9 Å². The fraction of sp³-hybridized carbons (Fsp3) is 0.455. The first kappa shape index (κ1) is 10.9. The first-order chi connectivity index (χ1) is 7.42. The lowest BCUT2D eigenvalue weighted by molar-refractivity contribution is -0.386. The number of halogens is 1. The highest BCUT2D eigenvalue weighted by atomic mass is 19.1. The molecule has 1 unspecified atom stereocenters. The van der Waals surface area contributed by atoms with Gasteiger partial charge >= 0.3 is 5.69 Å². The minimum Gasteiger partial charge on any atom is -0.376 e. The first-order valence-corrected chi connectivity index (χ1v) is 5.11. The van der Waals surface area contributed by atoms with Crippen molar-refractivity contribution in [3.63, 3.8) is 0 Å². The van der Waals surface area contributed by atoms with Gasteiger partial charge in [0, 0.05) is 6.04 Å². The minimum atomic E-state index is -0.798. The van der Waals surface area contributed by atoms with Gasteiger partial charge in [-0.25, -0.2) is 0 Å². The van der Waals surface area contributed by atoms with Gasteiger partial charge in [-0.05, 0) is 24.0 Å². The molecule has 5 heteroatoms. The highest BCUT2D eigenvalue weighted by molar-refractivity contribution is 5.63. The lowest BCUT2D eigenvalue weighted by atomic mass is 10.2. The van der Waals surface area contributed by atoms with E-state index in [1.54, 1.807) is 0 Å². The molecule has 0 amide bonds. The third-order valence-electron chi connectivity index (χ3n) is 3.01. The van der Waals surface area contributed by atoms with Crippen molar-refractivity contribution < 1.29 is 9.31 Å². The standard InChI is InChI=1S/C11H13FN2O2/c1-11(2)6-9(11)13-8-5-3-4-7(12)10(8)14(15)16/h3-5,9,13H,6H2,1-2H3. The maximum absolute atomic E-state index is 13.3. The van der Waals surface area contributed by atoms with Gasteiger partial charge in [-0.15, -0.1) is 0 Å². The predicted molar refractivity (Wildman–Crippen MR) is 58.9 cm³/mol. The summed E-state index contributed by atoms with van der Waals surface area (Å²) in [5.74, 6) is -0.798. The molecular weight excluding hydrogens is 211 g/mol. The molecule has 0 spiro atoms. The van der Waals surface area contributed by atoms with Crippen LogP contribution < -0.4 is 5.32 Å². The third kappa shape index (κ3) is 1.85. The normalized spacial score (nSPS) is 21.6. The number of para-hydroxylation sites is 1. The van der Waals surface area contributed by atoms with Gasteiger partial charge in [-0.3, -0.25) is 10.1 Å². The fourth-order valence-electron chi connectivity index (χ4n) is 1.72. The van der Waals surface area contributed by atoms with Crippen molar-refractivity contribution in [3.8, 4) is 0 Å². The van der Waals surface area contributed by atoms with Crippen LogP contribution in [0.2, 0.25) is 0 Å². The predicted octanol–water partition coefficient (Wildman–Crippen LogP) is 2.94. The van der Waals surface area contributed by atoms with E-state index in [0.717, 1.165) is 12.5 Å². The van der Waals surface area contributed by atoms with Gasteiger partial charge in [0.25, 0.3) is 0 Å². The van der Waals surface area contributed by atoms with E-state index in [0.29, 0.717) is 0 Å². The van der Waals surface area contributed by atoms with Crippen LogP contribution in [0.5, 0.6) is 0 Å². The van der Waals surface area contributed by atoms with E-state index in [1.807, 2.05) is 0 Å². The summed E-state index contributed by atoms with van der Waals surface area (Å²) in [6.07, 6.45) is 0.945. The molecule has 1 aliphatic rings. The molecule has 86 valence electrons. The Morgan fingerprint density at radius 1 is 1.56 bits per heavy atom. The van der Waals surface area contributed by atoms with Crippen molar-refractivity contribution in [2.24, 2.45) is 5.41 Å². The van der Waals surface area contributed by atoms with Gasteiger partial charge in [0.2, 0.25) is 5.82 Å². The van der Waals surface area contributed by atoms with Gasteiger partial charge in [0.1, 0.15) is 5.69 Å². The molecule has 2 rings (SSSR count). The second-order valence-electron chi connectivity index (χ2n) is 4.78. The Hall–Kier alpha value is -1.65. The summed E-state index contributed by atoms with van der Waals surface area (Å²) >= 11 is 0.